The fourth-order valence-electron chi connectivity index (χ4n) is 1.19. The third kappa shape index (κ3) is 4.43. The molecule has 16 heavy (non-hydrogen) atoms. The Morgan fingerprint density at radius 2 is 1.75 bits per heavy atom. The maximum atomic E-state index is 10.9. The molecule has 0 atom stereocenters. The van der Waals surface area contributed by atoms with Crippen LogP contribution in [-0.4, -0.2) is 13.0 Å². The minimum atomic E-state index is -4.08. The van der Waals surface area contributed by atoms with Crippen molar-refractivity contribution >= 4 is 10.1 Å². The molecule has 1 N–H and O–H groups in total. The number of nitrogens with zero attached hydrogens (tertiary/aromatic N) is 1. The summed E-state index contributed by atoms with van der Waals surface area (Å²) in [5.41, 5.74) is 0.644. The average molecular weight is 241 g/mol. The second kappa shape index (κ2) is 6.26. The summed E-state index contributed by atoms with van der Waals surface area (Å²) < 4.78 is 30.7. The highest BCUT2D eigenvalue weighted by Gasteiger charge is 2.15. The second-order valence-electron chi connectivity index (χ2n) is 3.39. The highest BCUT2D eigenvalue weighted by Crippen LogP contribution is 2.22. The SMILES string of the molecule is CC#N.CC(C)c1ccccc1S(=O)(=O)O. The van der Waals surface area contributed by atoms with Gasteiger partial charge in [-0.25, -0.2) is 0 Å². The number of rotatable bonds is 2. The molecule has 0 bridgehead atoms. The summed E-state index contributed by atoms with van der Waals surface area (Å²) >= 11 is 0. The van der Waals surface area contributed by atoms with Crippen LogP contribution in [0, 0.1) is 11.3 Å². The molecule has 1 rings (SSSR count). The van der Waals surface area contributed by atoms with Crippen molar-refractivity contribution in [2.75, 3.05) is 0 Å². The molecule has 0 saturated carbocycles. The van der Waals surface area contributed by atoms with Gasteiger partial charge in [0.15, 0.2) is 0 Å². The molecule has 0 aromatic heterocycles. The highest BCUT2D eigenvalue weighted by molar-refractivity contribution is 7.85. The van der Waals surface area contributed by atoms with E-state index in [1.54, 1.807) is 24.3 Å². The van der Waals surface area contributed by atoms with Gasteiger partial charge >= 0.3 is 0 Å². The third-order valence-corrected chi connectivity index (χ3v) is 2.75. The Hall–Kier alpha value is -1.38. The zero-order valence-corrected chi connectivity index (χ0v) is 10.3. The molecule has 0 unspecified atom stereocenters. The minimum Gasteiger partial charge on any atom is -0.282 e. The zero-order chi connectivity index (χ0) is 12.8. The first-order chi connectivity index (χ1) is 7.34. The van der Waals surface area contributed by atoms with Gasteiger partial charge in [0.1, 0.15) is 0 Å². The molecule has 1 aromatic carbocycles. The van der Waals surface area contributed by atoms with Crippen molar-refractivity contribution in [3.63, 3.8) is 0 Å². The van der Waals surface area contributed by atoms with Gasteiger partial charge in [0.05, 0.1) is 11.0 Å². The summed E-state index contributed by atoms with van der Waals surface area (Å²) in [4.78, 5) is 0.00463. The summed E-state index contributed by atoms with van der Waals surface area (Å²) in [5.74, 6) is 0.0816. The van der Waals surface area contributed by atoms with Gasteiger partial charge < -0.3 is 0 Å². The predicted molar refractivity (Wildman–Crippen MR) is 61.6 cm³/mol. The van der Waals surface area contributed by atoms with Crippen LogP contribution in [-0.2, 0) is 10.1 Å². The van der Waals surface area contributed by atoms with E-state index in [1.165, 1.54) is 13.0 Å². The van der Waals surface area contributed by atoms with Crippen molar-refractivity contribution in [3.05, 3.63) is 29.8 Å². The van der Waals surface area contributed by atoms with Crippen LogP contribution in [0.2, 0.25) is 0 Å². The molecule has 0 aliphatic heterocycles. The number of benzene rings is 1. The van der Waals surface area contributed by atoms with Crippen molar-refractivity contribution < 1.29 is 13.0 Å². The van der Waals surface area contributed by atoms with Crippen LogP contribution >= 0.6 is 0 Å². The van der Waals surface area contributed by atoms with Crippen molar-refractivity contribution in [3.8, 4) is 6.07 Å². The average Bonchev–Trinajstić information content (AvgIpc) is 2.17. The Labute approximate surface area is 96.3 Å². The van der Waals surface area contributed by atoms with E-state index >= 15 is 0 Å². The van der Waals surface area contributed by atoms with Gasteiger partial charge in [-0.2, -0.15) is 13.7 Å². The lowest BCUT2D eigenvalue weighted by Crippen LogP contribution is -2.03. The smallest absolute Gasteiger partial charge is 0.282 e. The summed E-state index contributed by atoms with van der Waals surface area (Å²) in [5, 5.41) is 7.32. The number of nitriles is 1. The van der Waals surface area contributed by atoms with Gasteiger partial charge in [0.25, 0.3) is 10.1 Å². The Bertz CT molecular complexity index is 472. The second-order valence-corrected chi connectivity index (χ2v) is 4.78. The van der Waals surface area contributed by atoms with E-state index in [2.05, 4.69) is 0 Å². The molecular formula is C11H15NO3S. The molecule has 5 heteroatoms. The largest absolute Gasteiger partial charge is 0.294 e. The van der Waals surface area contributed by atoms with Gasteiger partial charge in [-0.15, -0.1) is 0 Å². The van der Waals surface area contributed by atoms with Crippen LogP contribution in [0.5, 0.6) is 0 Å². The lowest BCUT2D eigenvalue weighted by molar-refractivity contribution is 0.481. The van der Waals surface area contributed by atoms with E-state index in [-0.39, 0.29) is 10.8 Å². The van der Waals surface area contributed by atoms with Gasteiger partial charge in [-0.1, -0.05) is 32.0 Å². The number of hydrogen-bond donors (Lipinski definition) is 1. The lowest BCUT2D eigenvalue weighted by Gasteiger charge is -2.09. The molecule has 88 valence electrons. The first kappa shape index (κ1) is 14.6. The first-order valence-electron chi connectivity index (χ1n) is 4.71. The Kier molecular flexibility index (Phi) is 5.72. The van der Waals surface area contributed by atoms with Crippen LogP contribution < -0.4 is 0 Å². The third-order valence-electron chi connectivity index (χ3n) is 1.82. The van der Waals surface area contributed by atoms with E-state index in [9.17, 15) is 8.42 Å². The Morgan fingerprint density at radius 3 is 2.06 bits per heavy atom. The van der Waals surface area contributed by atoms with Crippen LogP contribution in [0.25, 0.3) is 0 Å². The van der Waals surface area contributed by atoms with E-state index in [4.69, 9.17) is 9.81 Å². The van der Waals surface area contributed by atoms with E-state index in [1.807, 2.05) is 13.8 Å². The molecule has 0 fully saturated rings. The van der Waals surface area contributed by atoms with Gasteiger partial charge in [0, 0.05) is 6.92 Å². The molecule has 0 aliphatic rings. The van der Waals surface area contributed by atoms with Gasteiger partial charge in [0.2, 0.25) is 0 Å². The molecule has 0 aliphatic carbocycles. The number of hydrogen-bond acceptors (Lipinski definition) is 3. The molecule has 0 saturated heterocycles. The fraction of sp³-hybridized carbons (Fsp3) is 0.364. The van der Waals surface area contributed by atoms with E-state index in [0.717, 1.165) is 0 Å². The van der Waals surface area contributed by atoms with Crippen LogP contribution in [0.15, 0.2) is 29.2 Å². The monoisotopic (exact) mass is 241 g/mol. The van der Waals surface area contributed by atoms with Crippen LogP contribution in [0.1, 0.15) is 32.3 Å². The predicted octanol–water partition coefficient (Wildman–Crippen LogP) is 2.59. The summed E-state index contributed by atoms with van der Waals surface area (Å²) in [6.45, 7) is 5.19. The van der Waals surface area contributed by atoms with Crippen LogP contribution in [0.4, 0.5) is 0 Å². The standard InChI is InChI=1S/C9H12O3S.C2H3N/c1-7(2)8-5-3-4-6-9(8)13(10,11)12;1-2-3/h3-7H,1-2H3,(H,10,11,12);1H3. The molecular weight excluding hydrogens is 226 g/mol. The van der Waals surface area contributed by atoms with Gasteiger partial charge in [-0.05, 0) is 17.5 Å². The zero-order valence-electron chi connectivity index (χ0n) is 9.51. The normalized spacial score (nSPS) is 10.2. The maximum Gasteiger partial charge on any atom is 0.294 e. The quantitative estimate of drug-likeness (QED) is 0.807. The summed E-state index contributed by atoms with van der Waals surface area (Å²) in [6.07, 6.45) is 0. The lowest BCUT2D eigenvalue weighted by atomic mass is 10.0. The summed E-state index contributed by atoms with van der Waals surface area (Å²) in [6, 6.07) is 8.21. The summed E-state index contributed by atoms with van der Waals surface area (Å²) in [7, 11) is -4.08. The Morgan fingerprint density at radius 1 is 1.31 bits per heavy atom. The molecule has 0 radical (unpaired) electrons. The van der Waals surface area contributed by atoms with E-state index < -0.39 is 10.1 Å². The fourth-order valence-corrected chi connectivity index (χ4v) is 2.04. The van der Waals surface area contributed by atoms with E-state index in [0.29, 0.717) is 5.56 Å². The minimum absolute atomic E-state index is 0.00463. The topological polar surface area (TPSA) is 78.2 Å². The molecule has 4 nitrogen and oxygen atoms in total. The maximum absolute atomic E-state index is 10.9. The Balaban J connectivity index is 0.000000673. The van der Waals surface area contributed by atoms with Crippen molar-refractivity contribution in [2.24, 2.45) is 0 Å². The van der Waals surface area contributed by atoms with Gasteiger partial charge in [-0.3, -0.25) is 4.55 Å². The van der Waals surface area contributed by atoms with Crippen molar-refractivity contribution in [2.45, 2.75) is 31.6 Å². The van der Waals surface area contributed by atoms with Crippen molar-refractivity contribution in [1.29, 1.82) is 5.26 Å². The van der Waals surface area contributed by atoms with Crippen LogP contribution in [0.3, 0.4) is 0 Å². The molecule has 1 aromatic rings. The molecule has 0 amide bonds. The first-order valence-corrected chi connectivity index (χ1v) is 6.15. The molecule has 0 spiro atoms. The molecule has 0 heterocycles. The van der Waals surface area contributed by atoms with Crippen molar-refractivity contribution in [1.82, 2.24) is 0 Å². The highest BCUT2D eigenvalue weighted by atomic mass is 32.2.